The Kier molecular flexibility index (Phi) is 4.58. The van der Waals surface area contributed by atoms with Crippen molar-refractivity contribution >= 4 is 27.7 Å². The lowest BCUT2D eigenvalue weighted by atomic mass is 9.97. The third-order valence-electron chi connectivity index (χ3n) is 3.28. The van der Waals surface area contributed by atoms with E-state index in [1.807, 2.05) is 18.2 Å². The number of amides is 1. The third-order valence-corrected chi connectivity index (χ3v) is 3.72. The van der Waals surface area contributed by atoms with Crippen LogP contribution in [0.5, 0.6) is 0 Å². The molecule has 1 aromatic heterocycles. The summed E-state index contributed by atoms with van der Waals surface area (Å²) in [5.74, 6) is 1.69. The first kappa shape index (κ1) is 13.3. The monoisotopic (exact) mass is 311 g/mol. The van der Waals surface area contributed by atoms with Crippen LogP contribution in [0.4, 0.5) is 5.82 Å². The van der Waals surface area contributed by atoms with Crippen molar-refractivity contribution in [2.75, 3.05) is 24.5 Å². The van der Waals surface area contributed by atoms with Gasteiger partial charge in [0.25, 0.3) is 0 Å². The molecule has 0 bridgehead atoms. The lowest BCUT2D eigenvalue weighted by molar-refractivity contribution is -0.119. The van der Waals surface area contributed by atoms with Gasteiger partial charge in [-0.05, 0) is 46.8 Å². The predicted molar refractivity (Wildman–Crippen MR) is 75.6 cm³/mol. The highest BCUT2D eigenvalue weighted by molar-refractivity contribution is 9.10. The minimum Gasteiger partial charge on any atom is -0.357 e. The topological polar surface area (TPSA) is 45.2 Å². The standard InChI is InChI=1S/C13H18BrN3O/c1-10(18)15-9-11-5-7-17(8-6-11)13-4-2-3-12(14)16-13/h2-4,11H,5-9H2,1H3,(H,15,18). The summed E-state index contributed by atoms with van der Waals surface area (Å²) in [6.45, 7) is 4.39. The SMILES string of the molecule is CC(=O)NCC1CCN(c2cccc(Br)n2)CC1. The van der Waals surface area contributed by atoms with E-state index in [1.54, 1.807) is 6.92 Å². The maximum atomic E-state index is 10.9. The molecular formula is C13H18BrN3O. The first-order valence-corrected chi connectivity index (χ1v) is 7.06. The molecular weight excluding hydrogens is 294 g/mol. The average molecular weight is 312 g/mol. The van der Waals surface area contributed by atoms with Gasteiger partial charge >= 0.3 is 0 Å². The van der Waals surface area contributed by atoms with Gasteiger partial charge in [-0.3, -0.25) is 4.79 Å². The van der Waals surface area contributed by atoms with Gasteiger partial charge in [-0.2, -0.15) is 0 Å². The number of hydrogen-bond acceptors (Lipinski definition) is 3. The number of carbonyl (C=O) groups is 1. The van der Waals surface area contributed by atoms with Crippen molar-refractivity contribution in [1.82, 2.24) is 10.3 Å². The Hall–Kier alpha value is -1.10. The summed E-state index contributed by atoms with van der Waals surface area (Å²) in [6, 6.07) is 5.99. The molecule has 1 N–H and O–H groups in total. The molecule has 0 atom stereocenters. The molecule has 0 spiro atoms. The Balaban J connectivity index is 1.85. The van der Waals surface area contributed by atoms with E-state index >= 15 is 0 Å². The Morgan fingerprint density at radius 3 is 2.83 bits per heavy atom. The van der Waals surface area contributed by atoms with Crippen LogP contribution in [0.1, 0.15) is 19.8 Å². The molecule has 1 aromatic rings. The summed E-state index contributed by atoms with van der Waals surface area (Å²) >= 11 is 3.40. The fourth-order valence-corrected chi connectivity index (χ4v) is 2.56. The number of hydrogen-bond donors (Lipinski definition) is 1. The predicted octanol–water partition coefficient (Wildman–Crippen LogP) is 2.20. The van der Waals surface area contributed by atoms with Crippen molar-refractivity contribution < 1.29 is 4.79 Å². The molecule has 18 heavy (non-hydrogen) atoms. The molecule has 0 aromatic carbocycles. The number of carbonyl (C=O) groups excluding carboxylic acids is 1. The van der Waals surface area contributed by atoms with Crippen molar-refractivity contribution in [2.24, 2.45) is 5.92 Å². The van der Waals surface area contributed by atoms with E-state index in [-0.39, 0.29) is 5.91 Å². The number of aromatic nitrogens is 1. The largest absolute Gasteiger partial charge is 0.357 e. The highest BCUT2D eigenvalue weighted by atomic mass is 79.9. The van der Waals surface area contributed by atoms with Gasteiger partial charge in [0, 0.05) is 26.6 Å². The van der Waals surface area contributed by atoms with Gasteiger partial charge in [0.05, 0.1) is 0 Å². The van der Waals surface area contributed by atoms with Gasteiger partial charge in [0.2, 0.25) is 5.91 Å². The minimum absolute atomic E-state index is 0.0612. The summed E-state index contributed by atoms with van der Waals surface area (Å²) < 4.78 is 0.875. The van der Waals surface area contributed by atoms with Crippen LogP contribution in [0.3, 0.4) is 0 Å². The Morgan fingerprint density at radius 2 is 2.22 bits per heavy atom. The summed E-state index contributed by atoms with van der Waals surface area (Å²) in [5, 5.41) is 2.90. The number of nitrogens with zero attached hydrogens (tertiary/aromatic N) is 2. The highest BCUT2D eigenvalue weighted by Gasteiger charge is 2.20. The fourth-order valence-electron chi connectivity index (χ4n) is 2.23. The molecule has 1 saturated heterocycles. The molecule has 98 valence electrons. The molecule has 2 rings (SSSR count). The van der Waals surface area contributed by atoms with Gasteiger partial charge in [0.1, 0.15) is 10.4 Å². The normalized spacial score (nSPS) is 16.7. The van der Waals surface area contributed by atoms with E-state index in [2.05, 4.69) is 31.1 Å². The molecule has 2 heterocycles. The Bertz CT molecular complexity index is 416. The molecule has 1 aliphatic heterocycles. The molecule has 4 nitrogen and oxygen atoms in total. The lowest BCUT2D eigenvalue weighted by Crippen LogP contribution is -2.38. The zero-order valence-corrected chi connectivity index (χ0v) is 12.1. The van der Waals surface area contributed by atoms with Crippen LogP contribution >= 0.6 is 15.9 Å². The second kappa shape index (κ2) is 6.18. The van der Waals surface area contributed by atoms with E-state index < -0.39 is 0 Å². The van der Waals surface area contributed by atoms with Crippen LogP contribution in [0.15, 0.2) is 22.8 Å². The van der Waals surface area contributed by atoms with Crippen molar-refractivity contribution in [1.29, 1.82) is 0 Å². The lowest BCUT2D eigenvalue weighted by Gasteiger charge is -2.32. The number of anilines is 1. The quantitative estimate of drug-likeness (QED) is 0.870. The van der Waals surface area contributed by atoms with Gasteiger partial charge in [-0.15, -0.1) is 0 Å². The van der Waals surface area contributed by atoms with E-state index in [0.29, 0.717) is 5.92 Å². The molecule has 1 amide bonds. The molecule has 0 unspecified atom stereocenters. The van der Waals surface area contributed by atoms with E-state index in [4.69, 9.17) is 0 Å². The van der Waals surface area contributed by atoms with Gasteiger partial charge < -0.3 is 10.2 Å². The maximum absolute atomic E-state index is 10.9. The number of nitrogens with one attached hydrogen (secondary N) is 1. The molecule has 1 fully saturated rings. The highest BCUT2D eigenvalue weighted by Crippen LogP contribution is 2.22. The first-order chi connectivity index (χ1) is 8.65. The number of halogens is 1. The number of piperidine rings is 1. The van der Waals surface area contributed by atoms with Gasteiger partial charge in [-0.25, -0.2) is 4.98 Å². The third kappa shape index (κ3) is 3.70. The van der Waals surface area contributed by atoms with Crippen molar-refractivity contribution in [3.8, 4) is 0 Å². The van der Waals surface area contributed by atoms with Crippen LogP contribution < -0.4 is 10.2 Å². The van der Waals surface area contributed by atoms with E-state index in [0.717, 1.165) is 42.9 Å². The molecule has 5 heteroatoms. The second-order valence-electron chi connectivity index (χ2n) is 4.69. The number of rotatable bonds is 3. The number of pyridine rings is 1. The first-order valence-electron chi connectivity index (χ1n) is 6.27. The van der Waals surface area contributed by atoms with Crippen LogP contribution in [0.2, 0.25) is 0 Å². The van der Waals surface area contributed by atoms with Crippen LogP contribution in [-0.2, 0) is 4.79 Å². The molecule has 0 aliphatic carbocycles. The molecule has 1 aliphatic rings. The summed E-state index contributed by atoms with van der Waals surface area (Å²) in [5.41, 5.74) is 0. The zero-order valence-electron chi connectivity index (χ0n) is 10.5. The second-order valence-corrected chi connectivity index (χ2v) is 5.50. The van der Waals surface area contributed by atoms with E-state index in [9.17, 15) is 4.79 Å². The van der Waals surface area contributed by atoms with Gasteiger partial charge in [0.15, 0.2) is 0 Å². The summed E-state index contributed by atoms with van der Waals surface area (Å²) in [6.07, 6.45) is 2.21. The van der Waals surface area contributed by atoms with Crippen LogP contribution in [0.25, 0.3) is 0 Å². The minimum atomic E-state index is 0.0612. The summed E-state index contributed by atoms with van der Waals surface area (Å²) in [7, 11) is 0. The van der Waals surface area contributed by atoms with Crippen molar-refractivity contribution in [3.05, 3.63) is 22.8 Å². The van der Waals surface area contributed by atoms with Crippen molar-refractivity contribution in [3.63, 3.8) is 0 Å². The molecule has 0 radical (unpaired) electrons. The Labute approximate surface area is 116 Å². The van der Waals surface area contributed by atoms with Crippen LogP contribution in [0, 0.1) is 5.92 Å². The summed E-state index contributed by atoms with van der Waals surface area (Å²) in [4.78, 5) is 17.6. The van der Waals surface area contributed by atoms with Gasteiger partial charge in [-0.1, -0.05) is 6.07 Å². The van der Waals surface area contributed by atoms with E-state index in [1.165, 1.54) is 0 Å². The van der Waals surface area contributed by atoms with Crippen molar-refractivity contribution in [2.45, 2.75) is 19.8 Å². The average Bonchev–Trinajstić information content (AvgIpc) is 2.37. The fraction of sp³-hybridized carbons (Fsp3) is 0.538. The smallest absolute Gasteiger partial charge is 0.216 e. The maximum Gasteiger partial charge on any atom is 0.216 e. The van der Waals surface area contributed by atoms with Crippen LogP contribution in [-0.4, -0.2) is 30.5 Å². The Morgan fingerprint density at radius 1 is 1.50 bits per heavy atom. The molecule has 0 saturated carbocycles. The zero-order chi connectivity index (χ0) is 13.0.